The van der Waals surface area contributed by atoms with Crippen molar-refractivity contribution in [3.8, 4) is 0 Å². The second-order valence-corrected chi connectivity index (χ2v) is 11.4. The molecule has 12 heavy (non-hydrogen) atoms. The number of carbonyl (C=O) groups is 1. The van der Waals surface area contributed by atoms with Gasteiger partial charge in [0.05, 0.1) is 0 Å². The van der Waals surface area contributed by atoms with Gasteiger partial charge in [0, 0.05) is 19.1 Å². The van der Waals surface area contributed by atoms with Gasteiger partial charge in [0.25, 0.3) is 6.69 Å². The first-order valence-corrected chi connectivity index (χ1v) is 8.88. The van der Waals surface area contributed by atoms with Crippen LogP contribution in [0.15, 0.2) is 0 Å². The van der Waals surface area contributed by atoms with E-state index in [1.807, 2.05) is 6.55 Å². The second kappa shape index (κ2) is 3.98. The molecule has 0 atom stereocenters. The van der Waals surface area contributed by atoms with E-state index in [1.165, 1.54) is 0 Å². The number of likely N-dealkylation sites (tertiary alicyclic amines) is 1. The van der Waals surface area contributed by atoms with E-state index in [9.17, 15) is 4.79 Å². The zero-order valence-electron chi connectivity index (χ0n) is 7.15. The molecule has 0 spiro atoms. The maximum atomic E-state index is 11.3. The molecule has 1 aliphatic heterocycles. The van der Waals surface area contributed by atoms with E-state index < -0.39 is 6.69 Å². The summed E-state index contributed by atoms with van der Waals surface area (Å²) < 4.78 is 0. The summed E-state index contributed by atoms with van der Waals surface area (Å²) in [6.45, 7) is 0.543. The van der Waals surface area contributed by atoms with Crippen molar-refractivity contribution in [1.82, 2.24) is 4.90 Å². The highest BCUT2D eigenvalue weighted by molar-refractivity contribution is 7.45. The average Bonchev–Trinajstić information content (AvgIpc) is 1.91. The number of carbonyl (C=O) groups excluding carboxylic acids is 1. The highest BCUT2D eigenvalue weighted by atomic mass is 35.7. The lowest BCUT2D eigenvalue weighted by atomic mass is 10.1. The quantitative estimate of drug-likeness (QED) is 0.521. The molecule has 0 unspecified atom stereocenters. The highest BCUT2D eigenvalue weighted by Gasteiger charge is 2.28. The fourth-order valence-electron chi connectivity index (χ4n) is 1.36. The molecule has 1 amide bonds. The summed E-state index contributed by atoms with van der Waals surface area (Å²) in [7, 11) is 0. The predicted octanol–water partition coefficient (Wildman–Crippen LogP) is 2.09. The van der Waals surface area contributed by atoms with Gasteiger partial charge < -0.3 is 4.90 Å². The van der Waals surface area contributed by atoms with Crippen molar-refractivity contribution in [2.24, 2.45) is 0 Å². The van der Waals surface area contributed by atoms with Crippen LogP contribution >= 0.6 is 22.2 Å². The summed E-state index contributed by atoms with van der Waals surface area (Å²) in [5, 5.41) is 0. The van der Waals surface area contributed by atoms with Crippen molar-refractivity contribution < 1.29 is 4.79 Å². The number of nitrogens with zero attached hydrogens (tertiary/aromatic N) is 1. The van der Waals surface area contributed by atoms with Crippen LogP contribution in [-0.4, -0.2) is 30.2 Å². The fourth-order valence-corrected chi connectivity index (χ4v) is 3.23. The predicted molar refractivity (Wildman–Crippen MR) is 53.8 cm³/mol. The highest BCUT2D eigenvalue weighted by Crippen LogP contribution is 2.19. The fraction of sp³-hybridized carbons (Fsp3) is 0.857. The Kier molecular flexibility index (Phi) is 3.44. The van der Waals surface area contributed by atoms with E-state index in [4.69, 9.17) is 22.2 Å². The van der Waals surface area contributed by atoms with Crippen LogP contribution in [0.5, 0.6) is 0 Å². The van der Waals surface area contributed by atoms with E-state index in [-0.39, 0.29) is 5.91 Å². The van der Waals surface area contributed by atoms with E-state index in [1.54, 1.807) is 4.90 Å². The molecule has 0 N–H and O–H groups in total. The van der Waals surface area contributed by atoms with Gasteiger partial charge in [0.2, 0.25) is 5.91 Å². The lowest BCUT2D eigenvalue weighted by Gasteiger charge is -2.29. The molecule has 1 rings (SSSR count). The molecule has 2 nitrogen and oxygen atoms in total. The van der Waals surface area contributed by atoms with Crippen molar-refractivity contribution in [3.63, 3.8) is 0 Å². The van der Waals surface area contributed by atoms with Crippen molar-refractivity contribution in [2.45, 2.75) is 25.8 Å². The van der Waals surface area contributed by atoms with Gasteiger partial charge in [-0.15, -0.1) is 22.2 Å². The third-order valence-corrected chi connectivity index (χ3v) is 3.54. The van der Waals surface area contributed by atoms with Crippen LogP contribution in [0, 0.1) is 0 Å². The van der Waals surface area contributed by atoms with Gasteiger partial charge in [-0.25, -0.2) is 0 Å². The van der Waals surface area contributed by atoms with Crippen molar-refractivity contribution in [3.05, 3.63) is 0 Å². The van der Waals surface area contributed by atoms with Gasteiger partial charge in [-0.1, -0.05) is 0 Å². The molecule has 1 aliphatic rings. The number of hydrogen-bond donors (Lipinski definition) is 0. The second-order valence-electron chi connectivity index (χ2n) is 3.34. The topological polar surface area (TPSA) is 20.3 Å². The number of halogens is 2. The lowest BCUT2D eigenvalue weighted by Crippen LogP contribution is -2.43. The molecule has 0 bridgehead atoms. The Morgan fingerprint density at radius 3 is 2.67 bits per heavy atom. The van der Waals surface area contributed by atoms with E-state index >= 15 is 0 Å². The molecule has 0 aromatic heterocycles. The largest absolute Gasteiger partial charge is 0.343 e. The molecule has 0 aromatic rings. The monoisotopic (exact) mass is 225 g/mol. The minimum Gasteiger partial charge on any atom is -0.343 e. The van der Waals surface area contributed by atoms with Gasteiger partial charge in [0.1, 0.15) is 0 Å². The van der Waals surface area contributed by atoms with E-state index in [0.29, 0.717) is 12.6 Å². The molecule has 0 aliphatic carbocycles. The lowest BCUT2D eigenvalue weighted by molar-refractivity contribution is -0.132. The zero-order chi connectivity index (χ0) is 9.19. The average molecular weight is 226 g/mol. The van der Waals surface area contributed by atoms with Crippen LogP contribution < -0.4 is 0 Å². The van der Waals surface area contributed by atoms with Crippen LogP contribution in [0.4, 0.5) is 0 Å². The Morgan fingerprint density at radius 2 is 2.17 bits per heavy atom. The van der Waals surface area contributed by atoms with Gasteiger partial charge in [0.15, 0.2) is 0 Å². The van der Waals surface area contributed by atoms with Gasteiger partial charge >= 0.3 is 0 Å². The van der Waals surface area contributed by atoms with Gasteiger partial charge in [-0.3, -0.25) is 4.79 Å². The van der Waals surface area contributed by atoms with Crippen LogP contribution in [0.3, 0.4) is 0 Å². The number of rotatable bonds is 2. The summed E-state index contributed by atoms with van der Waals surface area (Å²) in [5.74, 6) is 0.210. The SMILES string of the molecule is C[Si](Cl)(Cl)CN1CCCCC1=O. The molecule has 70 valence electrons. The summed E-state index contributed by atoms with van der Waals surface area (Å²) in [6, 6.07) is 0. The number of hydrogen-bond acceptors (Lipinski definition) is 1. The third kappa shape index (κ3) is 3.33. The van der Waals surface area contributed by atoms with Crippen molar-refractivity contribution >= 4 is 34.8 Å². The Bertz CT molecular complexity index is 181. The first-order valence-electron chi connectivity index (χ1n) is 4.15. The van der Waals surface area contributed by atoms with Gasteiger partial charge in [-0.05, 0) is 19.4 Å². The van der Waals surface area contributed by atoms with E-state index in [0.717, 1.165) is 19.4 Å². The van der Waals surface area contributed by atoms with Crippen molar-refractivity contribution in [2.75, 3.05) is 12.7 Å². The van der Waals surface area contributed by atoms with Crippen LogP contribution in [0.25, 0.3) is 0 Å². The van der Waals surface area contributed by atoms with Crippen LogP contribution in [0.2, 0.25) is 6.55 Å². The molecule has 5 heteroatoms. The Hall–Kier alpha value is 0.267. The molecule has 1 fully saturated rings. The Morgan fingerprint density at radius 1 is 1.50 bits per heavy atom. The standard InChI is InChI=1S/C7H13Cl2NOSi/c1-12(8,9)6-10-5-3-2-4-7(10)11/h2-6H2,1H3. The zero-order valence-corrected chi connectivity index (χ0v) is 9.66. The maximum absolute atomic E-state index is 11.3. The molecular formula is C7H13Cl2NOSi. The molecule has 1 saturated heterocycles. The molecule has 0 saturated carbocycles. The normalized spacial score (nSPS) is 19.9. The van der Waals surface area contributed by atoms with Crippen LogP contribution in [0.1, 0.15) is 19.3 Å². The smallest absolute Gasteiger partial charge is 0.266 e. The number of piperidine rings is 1. The van der Waals surface area contributed by atoms with Crippen LogP contribution in [-0.2, 0) is 4.79 Å². The first-order chi connectivity index (χ1) is 5.49. The Labute approximate surface area is 83.2 Å². The third-order valence-electron chi connectivity index (χ3n) is 1.89. The minimum atomic E-state index is -2.14. The summed E-state index contributed by atoms with van der Waals surface area (Å²) in [6.07, 6.45) is 3.34. The van der Waals surface area contributed by atoms with Crippen molar-refractivity contribution in [1.29, 1.82) is 0 Å². The molecular weight excluding hydrogens is 213 g/mol. The molecule has 0 aromatic carbocycles. The Balaban J connectivity index is 2.45. The summed E-state index contributed by atoms with van der Waals surface area (Å²) in [5.41, 5.74) is 0. The first kappa shape index (κ1) is 10.3. The maximum Gasteiger partial charge on any atom is 0.266 e. The number of amides is 1. The van der Waals surface area contributed by atoms with E-state index in [2.05, 4.69) is 0 Å². The molecule has 0 radical (unpaired) electrons. The van der Waals surface area contributed by atoms with Gasteiger partial charge in [-0.2, -0.15) is 0 Å². The minimum absolute atomic E-state index is 0.210. The summed E-state index contributed by atoms with van der Waals surface area (Å²) >= 11 is 11.9. The molecule has 1 heterocycles. The summed E-state index contributed by atoms with van der Waals surface area (Å²) in [4.78, 5) is 13.1.